The van der Waals surface area contributed by atoms with Gasteiger partial charge in [0.2, 0.25) is 15.7 Å². The van der Waals surface area contributed by atoms with Crippen LogP contribution in [0.2, 0.25) is 0 Å². The molecule has 0 saturated heterocycles. The summed E-state index contributed by atoms with van der Waals surface area (Å²) in [6.45, 7) is 3.62. The zero-order chi connectivity index (χ0) is 14.8. The Hall–Kier alpha value is -2.34. The van der Waals surface area contributed by atoms with E-state index in [2.05, 4.69) is 11.6 Å². The standard InChI is InChI=1S/C14H14N2O3S/c1-10(14-12(15)8-9-13(16-14)19-2)20(17,18)11-6-4-3-5-7-11/h3-9H,1,15H2,2H3. The number of hydrogen-bond acceptors (Lipinski definition) is 5. The molecule has 0 bridgehead atoms. The van der Waals surface area contributed by atoms with Crippen molar-refractivity contribution in [2.75, 3.05) is 12.8 Å². The van der Waals surface area contributed by atoms with Gasteiger partial charge in [0.15, 0.2) is 0 Å². The minimum atomic E-state index is -3.73. The molecule has 20 heavy (non-hydrogen) atoms. The summed E-state index contributed by atoms with van der Waals surface area (Å²) in [4.78, 5) is 4.05. The average molecular weight is 290 g/mol. The van der Waals surface area contributed by atoms with Crippen molar-refractivity contribution in [2.45, 2.75) is 4.90 Å². The molecule has 0 amide bonds. The largest absolute Gasteiger partial charge is 0.481 e. The number of nitrogens with two attached hydrogens (primary N) is 1. The van der Waals surface area contributed by atoms with Crippen LogP contribution in [0.25, 0.3) is 4.91 Å². The first kappa shape index (κ1) is 14.1. The molecule has 2 N–H and O–H groups in total. The van der Waals surface area contributed by atoms with E-state index in [0.717, 1.165) is 0 Å². The van der Waals surface area contributed by atoms with Crippen LogP contribution in [0.3, 0.4) is 0 Å². The van der Waals surface area contributed by atoms with E-state index in [-0.39, 0.29) is 27.1 Å². The fourth-order valence-electron chi connectivity index (χ4n) is 1.66. The van der Waals surface area contributed by atoms with Crippen molar-refractivity contribution >= 4 is 20.4 Å². The minimum absolute atomic E-state index is 0.105. The van der Waals surface area contributed by atoms with Crippen LogP contribution in [0, 0.1) is 0 Å². The van der Waals surface area contributed by atoms with Gasteiger partial charge >= 0.3 is 0 Å². The number of hydrogen-bond donors (Lipinski definition) is 1. The number of ether oxygens (including phenoxy) is 1. The number of rotatable bonds is 4. The number of nitrogen functional groups attached to an aromatic ring is 1. The first-order valence-corrected chi connectivity index (χ1v) is 7.25. The first-order chi connectivity index (χ1) is 9.46. The van der Waals surface area contributed by atoms with Crippen molar-refractivity contribution in [1.82, 2.24) is 4.98 Å². The summed E-state index contributed by atoms with van der Waals surface area (Å²) in [5, 5.41) is 0. The molecule has 2 aromatic rings. The lowest BCUT2D eigenvalue weighted by molar-refractivity contribution is 0.397. The van der Waals surface area contributed by atoms with Gasteiger partial charge in [0.25, 0.3) is 0 Å². The van der Waals surface area contributed by atoms with Crippen LogP contribution >= 0.6 is 0 Å². The molecule has 6 heteroatoms. The van der Waals surface area contributed by atoms with E-state index in [1.54, 1.807) is 24.3 Å². The molecule has 1 heterocycles. The van der Waals surface area contributed by atoms with Gasteiger partial charge in [0.1, 0.15) is 5.69 Å². The second-order valence-corrected chi connectivity index (χ2v) is 6.00. The number of benzene rings is 1. The molecule has 0 atom stereocenters. The highest BCUT2D eigenvalue weighted by molar-refractivity contribution is 8.00. The van der Waals surface area contributed by atoms with Crippen LogP contribution in [0.15, 0.2) is 53.9 Å². The Balaban J connectivity index is 2.52. The lowest BCUT2D eigenvalue weighted by Crippen LogP contribution is -2.07. The summed E-state index contributed by atoms with van der Waals surface area (Å²) in [6.07, 6.45) is 0. The lowest BCUT2D eigenvalue weighted by Gasteiger charge is -2.10. The van der Waals surface area contributed by atoms with Crippen LogP contribution < -0.4 is 10.5 Å². The second kappa shape index (κ2) is 5.34. The first-order valence-electron chi connectivity index (χ1n) is 5.76. The Morgan fingerprint density at radius 2 is 1.85 bits per heavy atom. The predicted octanol–water partition coefficient (Wildman–Crippen LogP) is 2.12. The molecular weight excluding hydrogens is 276 g/mol. The van der Waals surface area contributed by atoms with Gasteiger partial charge in [-0.3, -0.25) is 0 Å². The summed E-state index contributed by atoms with van der Waals surface area (Å²) >= 11 is 0. The van der Waals surface area contributed by atoms with E-state index in [4.69, 9.17) is 10.5 Å². The van der Waals surface area contributed by atoms with Crippen molar-refractivity contribution in [1.29, 1.82) is 0 Å². The summed E-state index contributed by atoms with van der Waals surface area (Å²) in [6, 6.07) is 11.1. The molecule has 0 spiro atoms. The Labute approximate surface area is 117 Å². The molecule has 0 radical (unpaired) electrons. The van der Waals surface area contributed by atoms with Crippen LogP contribution in [-0.2, 0) is 9.84 Å². The maximum absolute atomic E-state index is 12.4. The molecule has 0 fully saturated rings. The van der Waals surface area contributed by atoms with E-state index in [9.17, 15) is 8.42 Å². The topological polar surface area (TPSA) is 82.3 Å². The van der Waals surface area contributed by atoms with Gasteiger partial charge in [0, 0.05) is 6.07 Å². The van der Waals surface area contributed by atoms with E-state index in [0.29, 0.717) is 0 Å². The van der Waals surface area contributed by atoms with Crippen LogP contribution in [0.1, 0.15) is 5.69 Å². The minimum Gasteiger partial charge on any atom is -0.481 e. The number of pyridine rings is 1. The highest BCUT2D eigenvalue weighted by Crippen LogP contribution is 2.29. The Bertz CT molecular complexity index is 740. The zero-order valence-electron chi connectivity index (χ0n) is 10.9. The highest BCUT2D eigenvalue weighted by Gasteiger charge is 2.23. The molecule has 0 aliphatic carbocycles. The number of sulfone groups is 1. The smallest absolute Gasteiger partial charge is 0.213 e. The van der Waals surface area contributed by atoms with Gasteiger partial charge in [0.05, 0.1) is 22.6 Å². The van der Waals surface area contributed by atoms with Gasteiger partial charge in [-0.1, -0.05) is 24.8 Å². The summed E-state index contributed by atoms with van der Waals surface area (Å²) in [5.41, 5.74) is 6.11. The van der Waals surface area contributed by atoms with Crippen molar-refractivity contribution in [3.63, 3.8) is 0 Å². The lowest BCUT2D eigenvalue weighted by atomic mass is 10.3. The van der Waals surface area contributed by atoms with Crippen LogP contribution in [0.5, 0.6) is 5.88 Å². The maximum atomic E-state index is 12.4. The van der Waals surface area contributed by atoms with Crippen molar-refractivity contribution in [2.24, 2.45) is 0 Å². The molecule has 5 nitrogen and oxygen atoms in total. The summed E-state index contributed by atoms with van der Waals surface area (Å²) < 4.78 is 29.9. The van der Waals surface area contributed by atoms with Crippen LogP contribution in [-0.4, -0.2) is 20.5 Å². The Morgan fingerprint density at radius 1 is 1.20 bits per heavy atom. The van der Waals surface area contributed by atoms with E-state index >= 15 is 0 Å². The maximum Gasteiger partial charge on any atom is 0.213 e. The molecule has 0 aliphatic rings. The number of aromatic nitrogens is 1. The SMILES string of the molecule is C=C(c1nc(OC)ccc1N)S(=O)(=O)c1ccccc1. The van der Waals surface area contributed by atoms with Crippen molar-refractivity contribution < 1.29 is 13.2 Å². The van der Waals surface area contributed by atoms with Crippen LogP contribution in [0.4, 0.5) is 5.69 Å². The van der Waals surface area contributed by atoms with E-state index in [1.165, 1.54) is 25.3 Å². The molecule has 0 aliphatic heterocycles. The monoisotopic (exact) mass is 290 g/mol. The van der Waals surface area contributed by atoms with Gasteiger partial charge in [-0.05, 0) is 18.2 Å². The second-order valence-electron chi connectivity index (χ2n) is 4.03. The summed E-state index contributed by atoms with van der Waals surface area (Å²) in [7, 11) is -2.29. The average Bonchev–Trinajstić information content (AvgIpc) is 2.48. The van der Waals surface area contributed by atoms with Crippen molar-refractivity contribution in [3.8, 4) is 5.88 Å². The molecule has 104 valence electrons. The molecule has 0 unspecified atom stereocenters. The molecular formula is C14H14N2O3S. The van der Waals surface area contributed by atoms with Gasteiger partial charge < -0.3 is 10.5 Å². The third-order valence-corrected chi connectivity index (χ3v) is 4.49. The third kappa shape index (κ3) is 2.50. The van der Waals surface area contributed by atoms with Gasteiger partial charge in [-0.25, -0.2) is 13.4 Å². The Morgan fingerprint density at radius 3 is 2.45 bits per heavy atom. The number of nitrogens with zero attached hydrogens (tertiary/aromatic N) is 1. The third-order valence-electron chi connectivity index (χ3n) is 2.75. The van der Waals surface area contributed by atoms with Gasteiger partial charge in [-0.2, -0.15) is 0 Å². The normalized spacial score (nSPS) is 11.1. The fraction of sp³-hybridized carbons (Fsp3) is 0.0714. The quantitative estimate of drug-likeness (QED) is 0.932. The molecule has 1 aromatic heterocycles. The van der Waals surface area contributed by atoms with E-state index < -0.39 is 9.84 Å². The number of methoxy groups -OCH3 is 1. The summed E-state index contributed by atoms with van der Waals surface area (Å²) in [5.74, 6) is 0.276. The zero-order valence-corrected chi connectivity index (χ0v) is 11.7. The predicted molar refractivity (Wildman–Crippen MR) is 77.9 cm³/mol. The van der Waals surface area contributed by atoms with Gasteiger partial charge in [-0.15, -0.1) is 0 Å². The fourth-order valence-corrected chi connectivity index (χ4v) is 2.88. The molecule has 0 saturated carbocycles. The number of anilines is 1. The van der Waals surface area contributed by atoms with E-state index in [1.807, 2.05) is 0 Å². The van der Waals surface area contributed by atoms with Crippen molar-refractivity contribution in [3.05, 3.63) is 54.7 Å². The Kier molecular flexibility index (Phi) is 3.76. The molecule has 2 rings (SSSR count). The highest BCUT2D eigenvalue weighted by atomic mass is 32.2. The molecule has 1 aromatic carbocycles.